The molecule has 16 heavy (non-hydrogen) atoms. The normalized spacial score (nSPS) is 11.8. The van der Waals surface area contributed by atoms with Crippen LogP contribution in [0.15, 0.2) is 34.9 Å². The van der Waals surface area contributed by atoms with Crippen molar-refractivity contribution in [3.63, 3.8) is 0 Å². The number of benzene rings is 1. The number of alkyl halides is 3. The summed E-state index contributed by atoms with van der Waals surface area (Å²) in [4.78, 5) is 0. The van der Waals surface area contributed by atoms with E-state index < -0.39 is 11.9 Å². The zero-order valence-electron chi connectivity index (χ0n) is 7.75. The predicted octanol–water partition coefficient (Wildman–Crippen LogP) is 3.97. The second kappa shape index (κ2) is 4.08. The summed E-state index contributed by atoms with van der Waals surface area (Å²) in [7, 11) is 0. The molecule has 1 aromatic heterocycles. The van der Waals surface area contributed by atoms with Crippen molar-refractivity contribution in [1.82, 2.24) is 5.16 Å². The Kier molecular flexibility index (Phi) is 2.92. The van der Waals surface area contributed by atoms with Crippen LogP contribution in [-0.2, 0) is 6.18 Å². The van der Waals surface area contributed by atoms with Crippen molar-refractivity contribution in [3.8, 4) is 11.3 Å². The second-order valence-electron chi connectivity index (χ2n) is 3.04. The maximum absolute atomic E-state index is 12.5. The van der Waals surface area contributed by atoms with Gasteiger partial charge in [-0.3, -0.25) is 0 Å². The van der Waals surface area contributed by atoms with Crippen LogP contribution in [0.25, 0.3) is 11.3 Å². The van der Waals surface area contributed by atoms with Crippen molar-refractivity contribution in [1.29, 1.82) is 0 Å². The Bertz CT molecular complexity index is 493. The lowest BCUT2D eigenvalue weighted by atomic mass is 10.1. The summed E-state index contributed by atoms with van der Waals surface area (Å²) in [6, 6.07) is 8.56. The average molecular weight is 339 g/mol. The number of rotatable bonds is 1. The van der Waals surface area contributed by atoms with Gasteiger partial charge in [-0.15, -0.1) is 0 Å². The Morgan fingerprint density at radius 3 is 2.25 bits per heavy atom. The summed E-state index contributed by atoms with van der Waals surface area (Å²) in [5, 5.41) is 3.06. The Labute approximate surface area is 103 Å². The molecule has 0 bridgehead atoms. The molecule has 0 aliphatic heterocycles. The van der Waals surface area contributed by atoms with E-state index in [1.807, 2.05) is 0 Å². The highest BCUT2D eigenvalue weighted by atomic mass is 127. The minimum Gasteiger partial charge on any atom is -0.355 e. The van der Waals surface area contributed by atoms with Gasteiger partial charge in [0.05, 0.1) is 3.57 Å². The first-order valence-electron chi connectivity index (χ1n) is 4.28. The molecular formula is C10H5F3INO. The highest BCUT2D eigenvalue weighted by Crippen LogP contribution is 2.36. The Morgan fingerprint density at radius 2 is 1.75 bits per heavy atom. The maximum Gasteiger partial charge on any atom is 0.437 e. The van der Waals surface area contributed by atoms with Crippen molar-refractivity contribution in [2.45, 2.75) is 6.18 Å². The van der Waals surface area contributed by atoms with Gasteiger partial charge in [-0.05, 0) is 22.6 Å². The topological polar surface area (TPSA) is 26.0 Å². The summed E-state index contributed by atoms with van der Waals surface area (Å²) in [5.74, 6) is 0.147. The van der Waals surface area contributed by atoms with Gasteiger partial charge in [-0.1, -0.05) is 35.5 Å². The second-order valence-corrected chi connectivity index (χ2v) is 4.12. The average Bonchev–Trinajstić information content (AvgIpc) is 2.61. The van der Waals surface area contributed by atoms with Crippen LogP contribution in [0.1, 0.15) is 5.69 Å². The van der Waals surface area contributed by atoms with Gasteiger partial charge in [-0.2, -0.15) is 13.2 Å². The van der Waals surface area contributed by atoms with E-state index in [0.29, 0.717) is 5.56 Å². The number of hydrogen-bond donors (Lipinski definition) is 0. The molecule has 84 valence electrons. The maximum atomic E-state index is 12.5. The fourth-order valence-electron chi connectivity index (χ4n) is 1.22. The molecule has 0 N–H and O–H groups in total. The summed E-state index contributed by atoms with van der Waals surface area (Å²) in [5.41, 5.74) is -0.401. The quantitative estimate of drug-likeness (QED) is 0.735. The lowest BCUT2D eigenvalue weighted by molar-refractivity contribution is -0.143. The standard InChI is InChI=1S/C10H5F3INO/c11-10(12,13)9-7(14)8(16-15-9)6-4-2-1-3-5-6/h1-5H. The smallest absolute Gasteiger partial charge is 0.355 e. The molecule has 0 saturated heterocycles. The van der Waals surface area contributed by atoms with Gasteiger partial charge in [0.2, 0.25) is 5.69 Å². The van der Waals surface area contributed by atoms with Crippen LogP contribution in [0.5, 0.6) is 0 Å². The molecule has 0 fully saturated rings. The van der Waals surface area contributed by atoms with E-state index in [4.69, 9.17) is 4.52 Å². The number of halogens is 4. The van der Waals surface area contributed by atoms with Crippen molar-refractivity contribution < 1.29 is 17.7 Å². The van der Waals surface area contributed by atoms with Crippen LogP contribution in [0, 0.1) is 3.57 Å². The molecule has 0 amide bonds. The van der Waals surface area contributed by atoms with Crippen LogP contribution in [-0.4, -0.2) is 5.16 Å². The Hall–Kier alpha value is -1.05. The molecule has 0 aliphatic carbocycles. The molecule has 0 radical (unpaired) electrons. The molecular weight excluding hydrogens is 334 g/mol. The molecule has 6 heteroatoms. The summed E-state index contributed by atoms with van der Waals surface area (Å²) >= 11 is 1.59. The number of hydrogen-bond acceptors (Lipinski definition) is 2. The van der Waals surface area contributed by atoms with E-state index in [-0.39, 0.29) is 9.33 Å². The molecule has 2 aromatic rings. The van der Waals surface area contributed by atoms with E-state index in [1.54, 1.807) is 52.9 Å². The molecule has 2 nitrogen and oxygen atoms in total. The van der Waals surface area contributed by atoms with Crippen LogP contribution in [0.4, 0.5) is 13.2 Å². The van der Waals surface area contributed by atoms with Crippen molar-refractivity contribution >= 4 is 22.6 Å². The van der Waals surface area contributed by atoms with Gasteiger partial charge >= 0.3 is 6.18 Å². The molecule has 0 unspecified atom stereocenters. The van der Waals surface area contributed by atoms with Gasteiger partial charge in [0.25, 0.3) is 0 Å². The molecule has 0 spiro atoms. The summed E-state index contributed by atoms with van der Waals surface area (Å²) in [6.07, 6.45) is -4.48. The first kappa shape index (κ1) is 11.4. The summed E-state index contributed by atoms with van der Waals surface area (Å²) in [6.45, 7) is 0. The van der Waals surface area contributed by atoms with Gasteiger partial charge in [0, 0.05) is 5.56 Å². The summed E-state index contributed by atoms with van der Waals surface area (Å²) < 4.78 is 42.1. The minimum atomic E-state index is -4.48. The van der Waals surface area contributed by atoms with Gasteiger partial charge in [0.15, 0.2) is 5.76 Å². The molecule has 1 aromatic carbocycles. The van der Waals surface area contributed by atoms with Crippen molar-refractivity contribution in [2.24, 2.45) is 0 Å². The Balaban J connectivity index is 2.50. The van der Waals surface area contributed by atoms with Crippen molar-refractivity contribution in [2.75, 3.05) is 0 Å². The zero-order chi connectivity index (χ0) is 11.8. The van der Waals surface area contributed by atoms with E-state index in [1.165, 1.54) is 0 Å². The molecule has 0 saturated carbocycles. The number of nitrogens with zero attached hydrogens (tertiary/aromatic N) is 1. The zero-order valence-corrected chi connectivity index (χ0v) is 9.91. The third-order valence-corrected chi connectivity index (χ3v) is 2.94. The lowest BCUT2D eigenvalue weighted by Gasteiger charge is -2.00. The first-order valence-corrected chi connectivity index (χ1v) is 5.36. The monoisotopic (exact) mass is 339 g/mol. The largest absolute Gasteiger partial charge is 0.437 e. The van der Waals surface area contributed by atoms with E-state index in [0.717, 1.165) is 0 Å². The SMILES string of the molecule is FC(F)(F)c1noc(-c2ccccc2)c1I. The fourth-order valence-corrected chi connectivity index (χ4v) is 2.04. The van der Waals surface area contributed by atoms with E-state index in [9.17, 15) is 13.2 Å². The Morgan fingerprint density at radius 1 is 1.12 bits per heavy atom. The molecule has 0 aliphatic rings. The first-order chi connectivity index (χ1) is 7.50. The van der Waals surface area contributed by atoms with Crippen LogP contribution in [0.3, 0.4) is 0 Å². The molecule has 1 heterocycles. The van der Waals surface area contributed by atoms with E-state index >= 15 is 0 Å². The van der Waals surface area contributed by atoms with Gasteiger partial charge in [-0.25, -0.2) is 0 Å². The van der Waals surface area contributed by atoms with Gasteiger partial charge in [0.1, 0.15) is 0 Å². The highest BCUT2D eigenvalue weighted by Gasteiger charge is 2.38. The minimum absolute atomic E-state index is 0.0173. The van der Waals surface area contributed by atoms with E-state index in [2.05, 4.69) is 5.16 Å². The van der Waals surface area contributed by atoms with Crippen LogP contribution < -0.4 is 0 Å². The number of aromatic nitrogens is 1. The third-order valence-electron chi connectivity index (χ3n) is 1.94. The third kappa shape index (κ3) is 2.06. The van der Waals surface area contributed by atoms with Gasteiger partial charge < -0.3 is 4.52 Å². The van der Waals surface area contributed by atoms with Crippen LogP contribution in [0.2, 0.25) is 0 Å². The van der Waals surface area contributed by atoms with Crippen LogP contribution >= 0.6 is 22.6 Å². The lowest BCUT2D eigenvalue weighted by Crippen LogP contribution is -2.07. The molecule has 0 atom stereocenters. The van der Waals surface area contributed by atoms with Crippen molar-refractivity contribution in [3.05, 3.63) is 39.6 Å². The predicted molar refractivity (Wildman–Crippen MR) is 59.7 cm³/mol. The molecule has 2 rings (SSSR count). The highest BCUT2D eigenvalue weighted by molar-refractivity contribution is 14.1. The fraction of sp³-hybridized carbons (Fsp3) is 0.100.